The van der Waals surface area contributed by atoms with E-state index in [-0.39, 0.29) is 11.4 Å². The van der Waals surface area contributed by atoms with Crippen molar-refractivity contribution in [2.24, 2.45) is 0 Å². The zero-order valence-electron chi connectivity index (χ0n) is 12.0. The lowest BCUT2D eigenvalue weighted by atomic mass is 10.0. The Kier molecular flexibility index (Phi) is 4.53. The van der Waals surface area contributed by atoms with Crippen LogP contribution in [0.3, 0.4) is 0 Å². The molecule has 0 aromatic heterocycles. The maximum atomic E-state index is 12.6. The molecule has 0 atom stereocenters. The first-order chi connectivity index (χ1) is 10.5. The van der Waals surface area contributed by atoms with E-state index in [0.29, 0.717) is 10.6 Å². The summed E-state index contributed by atoms with van der Waals surface area (Å²) >= 11 is 11.2. The summed E-state index contributed by atoms with van der Waals surface area (Å²) in [7, 11) is 0. The lowest BCUT2D eigenvalue weighted by Crippen LogP contribution is -2.35. The minimum Gasteiger partial charge on any atom is -0.342 e. The van der Waals surface area contributed by atoms with Crippen molar-refractivity contribution in [3.05, 3.63) is 63.1 Å². The first-order valence-electron chi connectivity index (χ1n) is 6.96. The largest absolute Gasteiger partial charge is 0.342 e. The van der Waals surface area contributed by atoms with Crippen LogP contribution in [0.5, 0.6) is 0 Å². The molecule has 0 unspecified atom stereocenters. The fraction of sp³-hybridized carbons (Fsp3) is 0.235. The molecule has 0 spiro atoms. The SMILES string of the molecule is CSc1ccc(Cl)c(C(=O)NC2(c3ccc(Br)cc3)CC2)c1. The highest BCUT2D eigenvalue weighted by Crippen LogP contribution is 2.46. The summed E-state index contributed by atoms with van der Waals surface area (Å²) < 4.78 is 1.04. The van der Waals surface area contributed by atoms with Crippen molar-refractivity contribution in [3.8, 4) is 0 Å². The minimum absolute atomic E-state index is 0.110. The average Bonchev–Trinajstić information content (AvgIpc) is 3.29. The third kappa shape index (κ3) is 3.19. The molecule has 22 heavy (non-hydrogen) atoms. The molecule has 1 aliphatic carbocycles. The molecule has 1 saturated carbocycles. The molecule has 1 N–H and O–H groups in total. The van der Waals surface area contributed by atoms with Crippen LogP contribution < -0.4 is 5.32 Å². The lowest BCUT2D eigenvalue weighted by molar-refractivity contribution is 0.0930. The van der Waals surface area contributed by atoms with Crippen LogP contribution in [0.1, 0.15) is 28.8 Å². The van der Waals surface area contributed by atoms with Crippen LogP contribution in [0.4, 0.5) is 0 Å². The van der Waals surface area contributed by atoms with E-state index in [1.54, 1.807) is 17.8 Å². The van der Waals surface area contributed by atoms with Gasteiger partial charge in [0.2, 0.25) is 0 Å². The number of amides is 1. The molecule has 1 fully saturated rings. The minimum atomic E-state index is -0.240. The van der Waals surface area contributed by atoms with Crippen molar-refractivity contribution >= 4 is 45.2 Å². The highest BCUT2D eigenvalue weighted by Gasteiger charge is 2.45. The molecule has 1 amide bonds. The van der Waals surface area contributed by atoms with Gasteiger partial charge in [-0.25, -0.2) is 0 Å². The molecular formula is C17H15BrClNOS. The van der Waals surface area contributed by atoms with Gasteiger partial charge in [-0.1, -0.05) is 39.7 Å². The van der Waals surface area contributed by atoms with E-state index in [9.17, 15) is 4.79 Å². The zero-order valence-corrected chi connectivity index (χ0v) is 15.2. The topological polar surface area (TPSA) is 29.1 Å². The Labute approximate surface area is 147 Å². The summed E-state index contributed by atoms with van der Waals surface area (Å²) in [6.45, 7) is 0. The van der Waals surface area contributed by atoms with Gasteiger partial charge in [0.15, 0.2) is 0 Å². The first kappa shape index (κ1) is 15.9. The van der Waals surface area contributed by atoms with Gasteiger partial charge in [-0.15, -0.1) is 11.8 Å². The molecule has 1 aliphatic rings. The number of benzene rings is 2. The molecule has 2 aromatic rings. The van der Waals surface area contributed by atoms with Gasteiger partial charge in [-0.2, -0.15) is 0 Å². The highest BCUT2D eigenvalue weighted by atomic mass is 79.9. The molecule has 3 rings (SSSR count). The van der Waals surface area contributed by atoms with E-state index < -0.39 is 0 Å². The molecule has 0 heterocycles. The second-order valence-electron chi connectivity index (χ2n) is 5.39. The van der Waals surface area contributed by atoms with Crippen molar-refractivity contribution in [2.45, 2.75) is 23.3 Å². The summed E-state index contributed by atoms with van der Waals surface area (Å²) in [5.74, 6) is -0.110. The average molecular weight is 397 g/mol. The van der Waals surface area contributed by atoms with Crippen LogP contribution in [-0.4, -0.2) is 12.2 Å². The summed E-state index contributed by atoms with van der Waals surface area (Å²) in [5, 5.41) is 3.65. The van der Waals surface area contributed by atoms with Crippen LogP contribution in [-0.2, 0) is 5.54 Å². The molecule has 0 radical (unpaired) electrons. The Hall–Kier alpha value is -0.970. The number of carbonyl (C=O) groups excluding carboxylic acids is 1. The first-order valence-corrected chi connectivity index (χ1v) is 9.36. The fourth-order valence-corrected chi connectivity index (χ4v) is 3.38. The van der Waals surface area contributed by atoms with Gasteiger partial charge >= 0.3 is 0 Å². The zero-order chi connectivity index (χ0) is 15.7. The third-order valence-electron chi connectivity index (χ3n) is 3.92. The van der Waals surface area contributed by atoms with Crippen LogP contribution in [0.25, 0.3) is 0 Å². The monoisotopic (exact) mass is 395 g/mol. The van der Waals surface area contributed by atoms with Crippen LogP contribution >= 0.6 is 39.3 Å². The molecule has 0 bridgehead atoms. The molecule has 2 nitrogen and oxygen atoms in total. The number of hydrogen-bond donors (Lipinski definition) is 1. The van der Waals surface area contributed by atoms with Crippen molar-refractivity contribution in [3.63, 3.8) is 0 Å². The normalized spacial score (nSPS) is 15.4. The maximum absolute atomic E-state index is 12.6. The summed E-state index contributed by atoms with van der Waals surface area (Å²) in [5.41, 5.74) is 1.44. The summed E-state index contributed by atoms with van der Waals surface area (Å²) in [6.07, 6.45) is 3.90. The van der Waals surface area contributed by atoms with E-state index >= 15 is 0 Å². The number of thioether (sulfide) groups is 1. The predicted molar refractivity (Wildman–Crippen MR) is 95.8 cm³/mol. The Morgan fingerprint density at radius 1 is 1.23 bits per heavy atom. The van der Waals surface area contributed by atoms with Gasteiger partial charge < -0.3 is 5.32 Å². The number of rotatable bonds is 4. The van der Waals surface area contributed by atoms with E-state index in [0.717, 1.165) is 27.8 Å². The Morgan fingerprint density at radius 2 is 1.91 bits per heavy atom. The van der Waals surface area contributed by atoms with Crippen LogP contribution in [0.2, 0.25) is 5.02 Å². The number of halogens is 2. The maximum Gasteiger partial charge on any atom is 0.253 e. The quantitative estimate of drug-likeness (QED) is 0.716. The third-order valence-corrected chi connectivity index (χ3v) is 5.50. The Morgan fingerprint density at radius 3 is 2.50 bits per heavy atom. The summed E-state index contributed by atoms with van der Waals surface area (Å²) in [4.78, 5) is 13.6. The van der Waals surface area contributed by atoms with Gasteiger partial charge in [0.25, 0.3) is 5.91 Å². The molecule has 5 heteroatoms. The molecular weight excluding hydrogens is 382 g/mol. The van der Waals surface area contributed by atoms with Crippen LogP contribution in [0.15, 0.2) is 51.8 Å². The van der Waals surface area contributed by atoms with Crippen molar-refractivity contribution in [2.75, 3.05) is 6.26 Å². The fourth-order valence-electron chi connectivity index (χ4n) is 2.47. The standard InChI is InChI=1S/C17H15BrClNOS/c1-22-13-6-7-15(19)14(10-13)16(21)20-17(8-9-17)11-2-4-12(18)5-3-11/h2-7,10H,8-9H2,1H3,(H,20,21). The van der Waals surface area contributed by atoms with Crippen molar-refractivity contribution in [1.82, 2.24) is 5.32 Å². The molecule has 0 aliphatic heterocycles. The molecule has 2 aromatic carbocycles. The smallest absolute Gasteiger partial charge is 0.253 e. The van der Waals surface area contributed by atoms with E-state index in [4.69, 9.17) is 11.6 Å². The summed E-state index contributed by atoms with van der Waals surface area (Å²) in [6, 6.07) is 13.7. The van der Waals surface area contributed by atoms with Crippen LogP contribution in [0, 0.1) is 0 Å². The highest BCUT2D eigenvalue weighted by molar-refractivity contribution is 9.10. The van der Waals surface area contributed by atoms with Crippen molar-refractivity contribution in [1.29, 1.82) is 0 Å². The second kappa shape index (κ2) is 6.26. The Balaban J connectivity index is 1.84. The predicted octanol–water partition coefficient (Wildman–Crippen LogP) is 5.24. The van der Waals surface area contributed by atoms with Crippen molar-refractivity contribution < 1.29 is 4.79 Å². The number of hydrogen-bond acceptors (Lipinski definition) is 2. The number of carbonyl (C=O) groups is 1. The van der Waals surface area contributed by atoms with Gasteiger partial charge in [0, 0.05) is 9.37 Å². The van der Waals surface area contributed by atoms with Gasteiger partial charge in [0.1, 0.15) is 0 Å². The lowest BCUT2D eigenvalue weighted by Gasteiger charge is -2.19. The Bertz CT molecular complexity index is 713. The number of nitrogens with one attached hydrogen (secondary N) is 1. The second-order valence-corrected chi connectivity index (χ2v) is 7.59. The van der Waals surface area contributed by atoms with E-state index in [2.05, 4.69) is 33.4 Å². The van der Waals surface area contributed by atoms with Gasteiger partial charge in [-0.3, -0.25) is 4.79 Å². The molecule has 0 saturated heterocycles. The van der Waals surface area contributed by atoms with E-state index in [1.165, 1.54) is 0 Å². The molecule has 114 valence electrons. The van der Waals surface area contributed by atoms with Gasteiger partial charge in [0.05, 0.1) is 16.1 Å². The van der Waals surface area contributed by atoms with Gasteiger partial charge in [-0.05, 0) is 55.0 Å². The van der Waals surface area contributed by atoms with E-state index in [1.807, 2.05) is 30.5 Å².